The first-order valence-electron chi connectivity index (χ1n) is 6.11. The molecule has 1 aliphatic heterocycles. The van der Waals surface area contributed by atoms with Crippen LogP contribution >= 0.6 is 0 Å². The molecule has 1 aliphatic rings. The topological polar surface area (TPSA) is 21.3 Å². The van der Waals surface area contributed by atoms with Crippen LogP contribution in [-0.2, 0) is 10.4 Å². The van der Waals surface area contributed by atoms with E-state index in [2.05, 4.69) is 5.32 Å². The smallest absolute Gasteiger partial charge is 0.130 e. The van der Waals surface area contributed by atoms with Gasteiger partial charge in [-0.1, -0.05) is 12.1 Å². The highest BCUT2D eigenvalue weighted by molar-refractivity contribution is 5.35. The van der Waals surface area contributed by atoms with Gasteiger partial charge in [-0.05, 0) is 43.5 Å². The number of morpholine rings is 1. The minimum atomic E-state index is -1.30. The molecule has 1 atom stereocenters. The van der Waals surface area contributed by atoms with Gasteiger partial charge in [-0.2, -0.15) is 0 Å². The molecule has 2 rings (SSSR count). The fourth-order valence-corrected chi connectivity index (χ4v) is 2.12. The Hall–Kier alpha value is -0.930. The highest BCUT2D eigenvalue weighted by Crippen LogP contribution is 2.30. The van der Waals surface area contributed by atoms with Crippen molar-refractivity contribution in [2.75, 3.05) is 19.7 Å². The summed E-state index contributed by atoms with van der Waals surface area (Å²) in [5.41, 5.74) is 1.67. The fourth-order valence-electron chi connectivity index (χ4n) is 2.12. The first kappa shape index (κ1) is 12.5. The maximum Gasteiger partial charge on any atom is 0.130 e. The van der Waals surface area contributed by atoms with Crippen LogP contribution in [0, 0.1) is 6.92 Å². The number of nitrogens with one attached hydrogen (secondary N) is 1. The van der Waals surface area contributed by atoms with Gasteiger partial charge >= 0.3 is 0 Å². The van der Waals surface area contributed by atoms with Crippen molar-refractivity contribution in [3.63, 3.8) is 0 Å². The average Bonchev–Trinajstić information content (AvgIpc) is 2.29. The maximum atomic E-state index is 13.9. The van der Waals surface area contributed by atoms with Gasteiger partial charge in [0.2, 0.25) is 0 Å². The van der Waals surface area contributed by atoms with Crippen LogP contribution in [-0.4, -0.2) is 19.7 Å². The largest absolute Gasteiger partial charge is 0.371 e. The Balaban J connectivity index is 2.31. The number of hydrogen-bond acceptors (Lipinski definition) is 2. The molecule has 1 aromatic carbocycles. The molecule has 0 aliphatic carbocycles. The van der Waals surface area contributed by atoms with Crippen LogP contribution in [0.25, 0.3) is 0 Å². The molecule has 1 N–H and O–H groups in total. The zero-order chi connectivity index (χ0) is 12.5. The number of rotatable bonds is 2. The molecule has 0 spiro atoms. The summed E-state index contributed by atoms with van der Waals surface area (Å²) in [6.07, 6.45) is 0.0473. The molecule has 1 fully saturated rings. The van der Waals surface area contributed by atoms with E-state index in [4.69, 9.17) is 4.74 Å². The van der Waals surface area contributed by atoms with Crippen LogP contribution in [0.2, 0.25) is 0 Å². The van der Waals surface area contributed by atoms with Gasteiger partial charge in [-0.25, -0.2) is 4.39 Å². The molecular weight excluding hydrogens is 217 g/mol. The standard InChI is InChI=1S/C14H20FNO/c1-10-4-5-11(14(2,3)15)8-12(10)13-9-16-6-7-17-13/h4-5,8,13,16H,6-7,9H2,1-3H3. The molecule has 0 saturated carbocycles. The van der Waals surface area contributed by atoms with Crippen molar-refractivity contribution in [1.82, 2.24) is 5.32 Å². The second-order valence-electron chi connectivity index (χ2n) is 5.11. The molecule has 0 radical (unpaired) electrons. The quantitative estimate of drug-likeness (QED) is 0.854. The predicted molar refractivity (Wildman–Crippen MR) is 66.9 cm³/mol. The van der Waals surface area contributed by atoms with E-state index in [0.29, 0.717) is 12.2 Å². The van der Waals surface area contributed by atoms with Gasteiger partial charge in [-0.3, -0.25) is 0 Å². The van der Waals surface area contributed by atoms with Crippen LogP contribution in [0.5, 0.6) is 0 Å². The third-order valence-corrected chi connectivity index (χ3v) is 3.24. The number of alkyl halides is 1. The summed E-state index contributed by atoms with van der Waals surface area (Å²) in [7, 11) is 0. The lowest BCUT2D eigenvalue weighted by atomic mass is 9.93. The number of ether oxygens (including phenoxy) is 1. The zero-order valence-corrected chi connectivity index (χ0v) is 10.7. The van der Waals surface area contributed by atoms with Gasteiger partial charge < -0.3 is 10.1 Å². The monoisotopic (exact) mass is 237 g/mol. The molecule has 2 nitrogen and oxygen atoms in total. The summed E-state index contributed by atoms with van der Waals surface area (Å²) >= 11 is 0. The molecule has 1 unspecified atom stereocenters. The summed E-state index contributed by atoms with van der Waals surface area (Å²) in [5, 5.41) is 3.30. The predicted octanol–water partition coefficient (Wildman–Crippen LogP) is 2.86. The number of benzene rings is 1. The van der Waals surface area contributed by atoms with Crippen LogP contribution < -0.4 is 5.32 Å². The fraction of sp³-hybridized carbons (Fsp3) is 0.571. The summed E-state index contributed by atoms with van der Waals surface area (Å²) in [5.74, 6) is 0. The Kier molecular flexibility index (Phi) is 3.50. The maximum absolute atomic E-state index is 13.9. The molecule has 94 valence electrons. The van der Waals surface area contributed by atoms with Gasteiger partial charge in [-0.15, -0.1) is 0 Å². The van der Waals surface area contributed by atoms with Crippen LogP contribution in [0.1, 0.15) is 36.6 Å². The van der Waals surface area contributed by atoms with Gasteiger partial charge in [0, 0.05) is 13.1 Å². The van der Waals surface area contributed by atoms with E-state index < -0.39 is 5.67 Å². The van der Waals surface area contributed by atoms with Gasteiger partial charge in [0.15, 0.2) is 0 Å². The molecular formula is C14H20FNO. The van der Waals surface area contributed by atoms with E-state index in [1.54, 1.807) is 13.8 Å². The summed E-state index contributed by atoms with van der Waals surface area (Å²) in [4.78, 5) is 0. The molecule has 0 bridgehead atoms. The summed E-state index contributed by atoms with van der Waals surface area (Å²) in [6, 6.07) is 5.77. The van der Waals surface area contributed by atoms with Crippen LogP contribution in [0.15, 0.2) is 18.2 Å². The first-order valence-corrected chi connectivity index (χ1v) is 6.11. The summed E-state index contributed by atoms with van der Waals surface area (Å²) < 4.78 is 19.7. The van der Waals surface area contributed by atoms with Crippen molar-refractivity contribution in [3.05, 3.63) is 34.9 Å². The molecule has 1 aromatic rings. The Morgan fingerprint density at radius 1 is 1.41 bits per heavy atom. The second-order valence-corrected chi connectivity index (χ2v) is 5.11. The van der Waals surface area contributed by atoms with E-state index in [0.717, 1.165) is 24.2 Å². The lowest BCUT2D eigenvalue weighted by molar-refractivity contribution is 0.0271. The van der Waals surface area contributed by atoms with Crippen LogP contribution in [0.3, 0.4) is 0 Å². The first-order chi connectivity index (χ1) is 7.98. The van der Waals surface area contributed by atoms with Crippen molar-refractivity contribution in [3.8, 4) is 0 Å². The van der Waals surface area contributed by atoms with Gasteiger partial charge in [0.05, 0.1) is 12.7 Å². The van der Waals surface area contributed by atoms with Crippen molar-refractivity contribution >= 4 is 0 Å². The molecule has 0 aromatic heterocycles. The zero-order valence-electron chi connectivity index (χ0n) is 10.7. The van der Waals surface area contributed by atoms with Crippen molar-refractivity contribution in [2.45, 2.75) is 32.5 Å². The Bertz CT molecular complexity index is 392. The number of halogens is 1. The normalized spacial score (nSPS) is 21.5. The minimum Gasteiger partial charge on any atom is -0.371 e. The van der Waals surface area contributed by atoms with Crippen molar-refractivity contribution in [2.24, 2.45) is 0 Å². The highest BCUT2D eigenvalue weighted by atomic mass is 19.1. The molecule has 0 amide bonds. The van der Waals surface area contributed by atoms with Gasteiger partial charge in [0.1, 0.15) is 5.67 Å². The summed E-state index contributed by atoms with van der Waals surface area (Å²) in [6.45, 7) is 7.62. The van der Waals surface area contributed by atoms with Crippen LogP contribution in [0.4, 0.5) is 4.39 Å². The van der Waals surface area contributed by atoms with E-state index in [1.807, 2.05) is 25.1 Å². The Morgan fingerprint density at radius 2 is 2.18 bits per heavy atom. The Morgan fingerprint density at radius 3 is 2.76 bits per heavy atom. The third kappa shape index (κ3) is 2.85. The molecule has 1 heterocycles. The average molecular weight is 237 g/mol. The molecule has 3 heteroatoms. The van der Waals surface area contributed by atoms with E-state index in [9.17, 15) is 4.39 Å². The van der Waals surface area contributed by atoms with E-state index in [-0.39, 0.29) is 6.10 Å². The molecule has 17 heavy (non-hydrogen) atoms. The lowest BCUT2D eigenvalue weighted by Crippen LogP contribution is -2.33. The van der Waals surface area contributed by atoms with E-state index in [1.165, 1.54) is 0 Å². The van der Waals surface area contributed by atoms with Gasteiger partial charge in [0.25, 0.3) is 0 Å². The van der Waals surface area contributed by atoms with E-state index >= 15 is 0 Å². The van der Waals surface area contributed by atoms with Crippen molar-refractivity contribution < 1.29 is 9.13 Å². The third-order valence-electron chi connectivity index (χ3n) is 3.24. The minimum absolute atomic E-state index is 0.0473. The highest BCUT2D eigenvalue weighted by Gasteiger charge is 2.23. The lowest BCUT2D eigenvalue weighted by Gasteiger charge is -2.26. The van der Waals surface area contributed by atoms with Crippen molar-refractivity contribution in [1.29, 1.82) is 0 Å². The number of hydrogen-bond donors (Lipinski definition) is 1. The number of aryl methyl sites for hydroxylation is 1. The Labute approximate surface area is 102 Å². The second kappa shape index (κ2) is 4.75. The SMILES string of the molecule is Cc1ccc(C(C)(C)F)cc1C1CNCCO1. The molecule has 1 saturated heterocycles.